The van der Waals surface area contributed by atoms with Crippen LogP contribution < -0.4 is 0 Å². The van der Waals surface area contributed by atoms with Gasteiger partial charge in [-0.1, -0.05) is 34.8 Å². The highest BCUT2D eigenvalue weighted by Crippen LogP contribution is 2.04. The third-order valence-electron chi connectivity index (χ3n) is 1.37. The molecule has 0 spiro atoms. The third kappa shape index (κ3) is 2.23. The minimum atomic E-state index is -1.57. The number of amides is 1. The lowest BCUT2D eigenvalue weighted by molar-refractivity contribution is 0.0250. The Kier molecular flexibility index (Phi) is 2.63. The van der Waals surface area contributed by atoms with Crippen molar-refractivity contribution in [2.45, 2.75) is 6.54 Å². The molecule has 0 aliphatic rings. The van der Waals surface area contributed by atoms with E-state index in [2.05, 4.69) is 0 Å². The molecule has 0 aliphatic carbocycles. The van der Waals surface area contributed by atoms with E-state index in [1.165, 1.54) is 0 Å². The fraction of sp³-hybridized carbons (Fsp3) is 0.125. The zero-order chi connectivity index (χ0) is 8.97. The number of benzene rings is 1. The molecule has 12 heavy (non-hydrogen) atoms. The van der Waals surface area contributed by atoms with Gasteiger partial charge in [-0.05, 0) is 5.56 Å². The molecule has 1 N–H and O–H groups in total. The predicted molar refractivity (Wildman–Crippen MR) is 41.1 cm³/mol. The largest absolute Gasteiger partial charge is 0.463 e. The van der Waals surface area contributed by atoms with Crippen LogP contribution in [0.15, 0.2) is 30.3 Å². The van der Waals surface area contributed by atoms with Crippen LogP contribution in [0.5, 0.6) is 0 Å². The van der Waals surface area contributed by atoms with Gasteiger partial charge in [0, 0.05) is 0 Å². The molecule has 0 aliphatic heterocycles. The molecule has 0 fully saturated rings. The zero-order valence-corrected chi connectivity index (χ0v) is 6.27. The van der Waals surface area contributed by atoms with Gasteiger partial charge in [-0.25, -0.2) is 4.79 Å². The van der Waals surface area contributed by atoms with Crippen molar-refractivity contribution in [2.75, 3.05) is 0 Å². The Balaban J connectivity index is 2.58. The monoisotopic (exact) mass is 169 g/mol. The van der Waals surface area contributed by atoms with E-state index in [0.717, 1.165) is 0 Å². The second-order valence-electron chi connectivity index (χ2n) is 2.29. The van der Waals surface area contributed by atoms with E-state index in [4.69, 9.17) is 5.11 Å². The van der Waals surface area contributed by atoms with Gasteiger partial charge in [0.2, 0.25) is 0 Å². The van der Waals surface area contributed by atoms with E-state index in [-0.39, 0.29) is 11.7 Å². The zero-order valence-electron chi connectivity index (χ0n) is 6.27. The first kappa shape index (κ1) is 8.52. The molecule has 0 aromatic heterocycles. The van der Waals surface area contributed by atoms with E-state index in [0.29, 0.717) is 5.56 Å². The number of hydrogen-bond acceptors (Lipinski definition) is 1. The van der Waals surface area contributed by atoms with Gasteiger partial charge in [0.15, 0.2) is 0 Å². The minimum absolute atomic E-state index is 0.226. The Morgan fingerprint density at radius 2 is 2.00 bits per heavy atom. The molecular formula is C8H8FNO2. The van der Waals surface area contributed by atoms with Crippen LogP contribution in [0, 0.1) is 0 Å². The maximum Gasteiger partial charge on any atom is 0.435 e. The maximum atomic E-state index is 12.4. The van der Waals surface area contributed by atoms with Gasteiger partial charge in [0.25, 0.3) is 0 Å². The molecule has 0 bridgehead atoms. The second kappa shape index (κ2) is 3.71. The van der Waals surface area contributed by atoms with Crippen molar-refractivity contribution in [2.24, 2.45) is 0 Å². The summed E-state index contributed by atoms with van der Waals surface area (Å²) in [5, 5.41) is 7.94. The van der Waals surface area contributed by atoms with E-state index < -0.39 is 6.09 Å². The van der Waals surface area contributed by atoms with Crippen molar-refractivity contribution in [3.63, 3.8) is 0 Å². The van der Waals surface area contributed by atoms with Crippen molar-refractivity contribution in [3.8, 4) is 0 Å². The number of carbonyl (C=O) groups is 1. The van der Waals surface area contributed by atoms with Gasteiger partial charge < -0.3 is 5.11 Å². The van der Waals surface area contributed by atoms with Gasteiger partial charge >= 0.3 is 6.09 Å². The highest BCUT2D eigenvalue weighted by molar-refractivity contribution is 5.63. The summed E-state index contributed by atoms with van der Waals surface area (Å²) in [5.41, 5.74) is 0.627. The van der Waals surface area contributed by atoms with E-state index >= 15 is 0 Å². The molecule has 4 heteroatoms. The molecule has 1 rings (SSSR count). The van der Waals surface area contributed by atoms with Gasteiger partial charge in [-0.15, -0.1) is 5.12 Å². The number of halogens is 1. The van der Waals surface area contributed by atoms with Crippen LogP contribution in [0.3, 0.4) is 0 Å². The van der Waals surface area contributed by atoms with Crippen LogP contribution in [0.25, 0.3) is 0 Å². The number of hydrogen-bond donors (Lipinski definition) is 1. The van der Waals surface area contributed by atoms with Crippen molar-refractivity contribution in [3.05, 3.63) is 35.9 Å². The van der Waals surface area contributed by atoms with Crippen molar-refractivity contribution >= 4 is 6.09 Å². The summed E-state index contributed by atoms with van der Waals surface area (Å²) < 4.78 is 12.4. The van der Waals surface area contributed by atoms with Gasteiger partial charge in [-0.3, -0.25) is 0 Å². The van der Waals surface area contributed by atoms with Crippen LogP contribution in [-0.2, 0) is 6.54 Å². The Morgan fingerprint density at radius 3 is 2.50 bits per heavy atom. The molecule has 0 heterocycles. The fourth-order valence-corrected chi connectivity index (χ4v) is 0.811. The van der Waals surface area contributed by atoms with Crippen LogP contribution in [-0.4, -0.2) is 16.3 Å². The molecule has 3 nitrogen and oxygen atoms in total. The summed E-state index contributed by atoms with van der Waals surface area (Å²) in [6.45, 7) is -0.226. The first-order valence-electron chi connectivity index (χ1n) is 3.40. The third-order valence-corrected chi connectivity index (χ3v) is 1.37. The second-order valence-corrected chi connectivity index (χ2v) is 2.29. The van der Waals surface area contributed by atoms with E-state index in [1.54, 1.807) is 30.3 Å². The average molecular weight is 169 g/mol. The van der Waals surface area contributed by atoms with Crippen molar-refractivity contribution < 1.29 is 14.4 Å². The molecule has 1 aromatic carbocycles. The SMILES string of the molecule is O=C(O)N(F)Cc1ccccc1. The van der Waals surface area contributed by atoms with Gasteiger partial charge in [0.1, 0.15) is 0 Å². The lowest BCUT2D eigenvalue weighted by Gasteiger charge is -2.06. The number of rotatable bonds is 2. The van der Waals surface area contributed by atoms with Gasteiger partial charge in [0.05, 0.1) is 6.54 Å². The molecule has 0 saturated heterocycles. The smallest absolute Gasteiger partial charge is 0.435 e. The molecular weight excluding hydrogens is 161 g/mol. The van der Waals surface area contributed by atoms with Crippen LogP contribution in [0.4, 0.5) is 9.28 Å². The Hall–Kier alpha value is -1.58. The normalized spacial score (nSPS) is 9.42. The highest BCUT2D eigenvalue weighted by Gasteiger charge is 2.09. The summed E-state index contributed by atoms with van der Waals surface area (Å²) in [7, 11) is 0. The minimum Gasteiger partial charge on any atom is -0.463 e. The molecule has 0 atom stereocenters. The molecule has 0 saturated carbocycles. The molecule has 0 unspecified atom stereocenters. The molecule has 1 aromatic rings. The molecule has 1 amide bonds. The summed E-state index contributed by atoms with van der Waals surface area (Å²) in [6.07, 6.45) is -1.57. The van der Waals surface area contributed by atoms with Crippen molar-refractivity contribution in [1.29, 1.82) is 0 Å². The van der Waals surface area contributed by atoms with Crippen LogP contribution in [0.1, 0.15) is 5.56 Å². The van der Waals surface area contributed by atoms with E-state index in [9.17, 15) is 9.28 Å². The fourth-order valence-electron chi connectivity index (χ4n) is 0.811. The number of nitrogens with zero attached hydrogens (tertiary/aromatic N) is 1. The average Bonchev–Trinajstić information content (AvgIpc) is 2.06. The Morgan fingerprint density at radius 1 is 1.42 bits per heavy atom. The lowest BCUT2D eigenvalue weighted by atomic mass is 10.2. The molecule has 0 radical (unpaired) electrons. The standard InChI is InChI=1S/C8H8FNO2/c9-10(8(11)12)6-7-4-2-1-3-5-7/h1-5H,6H2,(H,11,12). The quantitative estimate of drug-likeness (QED) is 0.688. The molecule has 64 valence electrons. The summed E-state index contributed by atoms with van der Waals surface area (Å²) in [4.78, 5) is 10.1. The summed E-state index contributed by atoms with van der Waals surface area (Å²) in [6, 6.07) is 8.56. The Labute approximate surface area is 69.0 Å². The van der Waals surface area contributed by atoms with Crippen molar-refractivity contribution in [1.82, 2.24) is 5.12 Å². The lowest BCUT2D eigenvalue weighted by Crippen LogP contribution is -2.19. The first-order valence-corrected chi connectivity index (χ1v) is 3.40. The first-order chi connectivity index (χ1) is 5.70. The van der Waals surface area contributed by atoms with Crippen LogP contribution in [0.2, 0.25) is 0 Å². The predicted octanol–water partition coefficient (Wildman–Crippen LogP) is 2.05. The highest BCUT2D eigenvalue weighted by atomic mass is 19.2. The summed E-state index contributed by atoms with van der Waals surface area (Å²) in [5.74, 6) is 0. The van der Waals surface area contributed by atoms with Crippen LogP contribution >= 0.6 is 0 Å². The number of carboxylic acid groups (broad SMARTS) is 1. The Bertz CT molecular complexity index is 263. The topological polar surface area (TPSA) is 40.5 Å². The van der Waals surface area contributed by atoms with E-state index in [1.807, 2.05) is 0 Å². The van der Waals surface area contributed by atoms with Gasteiger partial charge in [-0.2, -0.15) is 0 Å². The maximum absolute atomic E-state index is 12.4. The summed E-state index contributed by atoms with van der Waals surface area (Å²) >= 11 is 0.